The van der Waals surface area contributed by atoms with E-state index in [9.17, 15) is 14.4 Å². The van der Waals surface area contributed by atoms with Crippen LogP contribution in [0.3, 0.4) is 0 Å². The number of fused-ring (bicyclic) bond motifs is 1. The average molecular weight is 524 g/mol. The summed E-state index contributed by atoms with van der Waals surface area (Å²) in [4.78, 5) is 42.0. The van der Waals surface area contributed by atoms with Crippen molar-refractivity contribution in [1.29, 1.82) is 0 Å². The number of hydrogen-bond donors (Lipinski definition) is 1. The lowest BCUT2D eigenvalue weighted by Gasteiger charge is -2.50. The van der Waals surface area contributed by atoms with Crippen molar-refractivity contribution in [2.75, 3.05) is 9.80 Å². The molecule has 4 amide bonds. The standard InChI is InChI=1S/C27H30BrN3O3/c1-15(2)31-23-9-7-18(12-20(23)17(4)14-27(31,5)6)13-21-24(32)29-26(34)30(25(21)33)22-10-8-19(28)11-16(22)3/h7-13,15,17H,14H2,1-6H3,(H,29,32,34)/b21-13+/t17-/m0/s1. The summed E-state index contributed by atoms with van der Waals surface area (Å²) in [5.74, 6) is -0.982. The lowest BCUT2D eigenvalue weighted by atomic mass is 9.78. The van der Waals surface area contributed by atoms with Crippen LogP contribution in [0.4, 0.5) is 16.2 Å². The van der Waals surface area contributed by atoms with Crippen LogP contribution >= 0.6 is 15.9 Å². The second-order valence-corrected chi connectivity index (χ2v) is 11.0. The molecule has 34 heavy (non-hydrogen) atoms. The number of barbiturate groups is 1. The van der Waals surface area contributed by atoms with E-state index in [2.05, 4.69) is 72.9 Å². The van der Waals surface area contributed by atoms with Crippen LogP contribution in [0.5, 0.6) is 0 Å². The molecule has 4 rings (SSSR count). The summed E-state index contributed by atoms with van der Waals surface area (Å²) in [6.45, 7) is 12.9. The normalized spacial score (nSPS) is 21.2. The van der Waals surface area contributed by atoms with E-state index < -0.39 is 17.8 Å². The first-order valence-corrected chi connectivity index (χ1v) is 12.3. The van der Waals surface area contributed by atoms with E-state index >= 15 is 0 Å². The third-order valence-electron chi connectivity index (χ3n) is 6.63. The maximum absolute atomic E-state index is 13.3. The van der Waals surface area contributed by atoms with Crippen LogP contribution in [0, 0.1) is 6.92 Å². The molecule has 178 valence electrons. The Kier molecular flexibility index (Phi) is 6.19. The summed E-state index contributed by atoms with van der Waals surface area (Å²) in [7, 11) is 0. The fourth-order valence-electron chi connectivity index (χ4n) is 5.45. The summed E-state index contributed by atoms with van der Waals surface area (Å²) in [5, 5.41) is 2.31. The van der Waals surface area contributed by atoms with E-state index in [1.165, 1.54) is 11.3 Å². The Hall–Kier alpha value is -2.93. The molecule has 2 aliphatic heterocycles. The van der Waals surface area contributed by atoms with E-state index in [0.29, 0.717) is 17.6 Å². The highest BCUT2D eigenvalue weighted by Crippen LogP contribution is 2.44. The van der Waals surface area contributed by atoms with Crippen molar-refractivity contribution in [2.45, 2.75) is 65.5 Å². The summed E-state index contributed by atoms with van der Waals surface area (Å²) in [6.07, 6.45) is 2.58. The van der Waals surface area contributed by atoms with Crippen LogP contribution in [0.2, 0.25) is 0 Å². The van der Waals surface area contributed by atoms with Gasteiger partial charge in [0.15, 0.2) is 0 Å². The fraction of sp³-hybridized carbons (Fsp3) is 0.370. The van der Waals surface area contributed by atoms with Gasteiger partial charge in [0.1, 0.15) is 5.57 Å². The van der Waals surface area contributed by atoms with E-state index in [1.54, 1.807) is 18.2 Å². The first-order valence-electron chi connectivity index (χ1n) is 11.5. The van der Waals surface area contributed by atoms with Crippen molar-refractivity contribution in [3.63, 3.8) is 0 Å². The van der Waals surface area contributed by atoms with Gasteiger partial charge in [-0.2, -0.15) is 0 Å². The Morgan fingerprint density at radius 2 is 1.76 bits per heavy atom. The van der Waals surface area contributed by atoms with Crippen LogP contribution in [0.15, 0.2) is 46.4 Å². The monoisotopic (exact) mass is 523 g/mol. The van der Waals surface area contributed by atoms with Gasteiger partial charge in [-0.15, -0.1) is 0 Å². The highest BCUT2D eigenvalue weighted by molar-refractivity contribution is 9.10. The maximum Gasteiger partial charge on any atom is 0.335 e. The topological polar surface area (TPSA) is 69.7 Å². The molecule has 0 aliphatic carbocycles. The Morgan fingerprint density at radius 1 is 1.09 bits per heavy atom. The molecule has 1 fully saturated rings. The van der Waals surface area contributed by atoms with Gasteiger partial charge in [-0.1, -0.05) is 28.9 Å². The third kappa shape index (κ3) is 4.17. The Balaban J connectivity index is 1.75. The molecule has 2 aromatic carbocycles. The molecule has 6 nitrogen and oxygen atoms in total. The molecule has 0 saturated carbocycles. The van der Waals surface area contributed by atoms with Crippen LogP contribution in [0.1, 0.15) is 63.6 Å². The largest absolute Gasteiger partial charge is 0.364 e. The smallest absolute Gasteiger partial charge is 0.335 e. The van der Waals surface area contributed by atoms with Crippen molar-refractivity contribution in [1.82, 2.24) is 5.32 Å². The number of carbonyl (C=O) groups is 3. The van der Waals surface area contributed by atoms with E-state index in [4.69, 9.17) is 0 Å². The van der Waals surface area contributed by atoms with Gasteiger partial charge in [0.2, 0.25) is 0 Å². The van der Waals surface area contributed by atoms with Gasteiger partial charge < -0.3 is 4.90 Å². The lowest BCUT2D eigenvalue weighted by molar-refractivity contribution is -0.122. The van der Waals surface area contributed by atoms with Crippen LogP contribution in [-0.2, 0) is 9.59 Å². The van der Waals surface area contributed by atoms with Crippen molar-refractivity contribution in [3.05, 3.63) is 63.1 Å². The van der Waals surface area contributed by atoms with E-state index in [1.807, 2.05) is 19.1 Å². The first kappa shape index (κ1) is 24.2. The minimum absolute atomic E-state index is 0.0309. The minimum atomic E-state index is -0.744. The molecule has 0 unspecified atom stereocenters. The number of benzene rings is 2. The predicted molar refractivity (Wildman–Crippen MR) is 139 cm³/mol. The Morgan fingerprint density at radius 3 is 2.41 bits per heavy atom. The number of anilines is 2. The van der Waals surface area contributed by atoms with Crippen LogP contribution < -0.4 is 15.1 Å². The predicted octanol–water partition coefficient (Wildman–Crippen LogP) is 5.92. The van der Waals surface area contributed by atoms with E-state index in [-0.39, 0.29) is 11.1 Å². The second-order valence-electron chi connectivity index (χ2n) is 10.1. The molecule has 2 aromatic rings. The first-order chi connectivity index (χ1) is 15.9. The van der Waals surface area contributed by atoms with Gasteiger partial charge in [0, 0.05) is 21.7 Å². The summed E-state index contributed by atoms with van der Waals surface area (Å²) in [5.41, 5.74) is 4.29. The second kappa shape index (κ2) is 8.69. The zero-order valence-electron chi connectivity index (χ0n) is 20.4. The molecule has 0 bridgehead atoms. The Bertz CT molecular complexity index is 1230. The molecule has 0 aromatic heterocycles. The van der Waals surface area contributed by atoms with E-state index in [0.717, 1.165) is 26.9 Å². The number of hydrogen-bond acceptors (Lipinski definition) is 4. The van der Waals surface area contributed by atoms with Gasteiger partial charge in [-0.25, -0.2) is 9.69 Å². The molecule has 2 aliphatic rings. The highest BCUT2D eigenvalue weighted by Gasteiger charge is 2.39. The van der Waals surface area contributed by atoms with Crippen molar-refractivity contribution >= 4 is 51.2 Å². The molecule has 7 heteroatoms. The van der Waals surface area contributed by atoms with Gasteiger partial charge in [0.05, 0.1) is 5.69 Å². The Labute approximate surface area is 209 Å². The van der Waals surface area contributed by atoms with Gasteiger partial charge in [0.25, 0.3) is 11.8 Å². The highest BCUT2D eigenvalue weighted by atomic mass is 79.9. The summed E-state index contributed by atoms with van der Waals surface area (Å²) >= 11 is 3.40. The number of nitrogens with one attached hydrogen (secondary N) is 1. The summed E-state index contributed by atoms with van der Waals surface area (Å²) < 4.78 is 0.840. The number of amides is 4. The van der Waals surface area contributed by atoms with Gasteiger partial charge in [-0.3, -0.25) is 14.9 Å². The quantitative estimate of drug-likeness (QED) is 0.400. The van der Waals surface area contributed by atoms with Crippen molar-refractivity contribution in [2.24, 2.45) is 0 Å². The zero-order chi connectivity index (χ0) is 24.9. The average Bonchev–Trinajstić information content (AvgIpc) is 2.72. The molecule has 1 saturated heterocycles. The van der Waals surface area contributed by atoms with Crippen molar-refractivity contribution in [3.8, 4) is 0 Å². The number of carbonyl (C=O) groups excluding carboxylic acids is 3. The number of halogens is 1. The third-order valence-corrected chi connectivity index (χ3v) is 7.12. The van der Waals surface area contributed by atoms with Crippen LogP contribution in [0.25, 0.3) is 6.08 Å². The van der Waals surface area contributed by atoms with Gasteiger partial charge >= 0.3 is 6.03 Å². The molecule has 1 N–H and O–H groups in total. The fourth-order valence-corrected chi connectivity index (χ4v) is 5.93. The summed E-state index contributed by atoms with van der Waals surface area (Å²) in [6, 6.07) is 10.9. The minimum Gasteiger partial charge on any atom is -0.364 e. The van der Waals surface area contributed by atoms with Gasteiger partial charge in [-0.05, 0) is 100 Å². The van der Waals surface area contributed by atoms with Crippen molar-refractivity contribution < 1.29 is 14.4 Å². The molecular formula is C27H30BrN3O3. The lowest BCUT2D eigenvalue weighted by Crippen LogP contribution is -2.54. The number of aryl methyl sites for hydroxylation is 1. The number of imide groups is 2. The molecular weight excluding hydrogens is 494 g/mol. The van der Waals surface area contributed by atoms with Crippen LogP contribution in [-0.4, -0.2) is 29.4 Å². The maximum atomic E-state index is 13.3. The number of nitrogens with zero attached hydrogens (tertiary/aromatic N) is 2. The molecule has 0 radical (unpaired) electrons. The molecule has 0 spiro atoms. The molecule has 1 atom stereocenters. The number of urea groups is 1. The zero-order valence-corrected chi connectivity index (χ0v) is 22.0. The SMILES string of the molecule is Cc1cc(Br)ccc1N1C(=O)NC(=O)/C(=C\c2ccc3c(c2)[C@@H](C)CC(C)(C)N3C(C)C)C1=O. The molecule has 2 heterocycles. The number of rotatable bonds is 3.